The topological polar surface area (TPSA) is 101 Å². The van der Waals surface area contributed by atoms with Gasteiger partial charge in [0.25, 0.3) is 0 Å². The summed E-state index contributed by atoms with van der Waals surface area (Å²) < 4.78 is 11.5. The first-order valence-corrected chi connectivity index (χ1v) is 9.86. The SMILES string of the molecule is N#CC1=C(N)Oc2n[nH]c(C34CC5CC(CC(C5)C3)C4)c2[C@H]1c1ccco1. The van der Waals surface area contributed by atoms with Crippen molar-refractivity contribution in [2.45, 2.75) is 49.9 Å². The molecule has 27 heavy (non-hydrogen) atoms. The number of nitrogens with zero attached hydrogens (tertiary/aromatic N) is 2. The number of fused-ring (bicyclic) bond motifs is 1. The molecule has 6 heteroatoms. The summed E-state index contributed by atoms with van der Waals surface area (Å²) in [6.45, 7) is 0. The molecule has 4 bridgehead atoms. The Morgan fingerprint density at radius 3 is 2.48 bits per heavy atom. The van der Waals surface area contributed by atoms with Crippen molar-refractivity contribution in [3.63, 3.8) is 0 Å². The van der Waals surface area contributed by atoms with Crippen molar-refractivity contribution in [3.8, 4) is 11.9 Å². The largest absolute Gasteiger partial charge is 0.468 e. The van der Waals surface area contributed by atoms with Gasteiger partial charge in [-0.1, -0.05) is 0 Å². The van der Waals surface area contributed by atoms with E-state index in [-0.39, 0.29) is 17.2 Å². The first-order chi connectivity index (χ1) is 13.2. The van der Waals surface area contributed by atoms with Crippen LogP contribution in [-0.4, -0.2) is 10.2 Å². The van der Waals surface area contributed by atoms with Crippen LogP contribution in [0.3, 0.4) is 0 Å². The molecule has 0 unspecified atom stereocenters. The highest BCUT2D eigenvalue weighted by molar-refractivity contribution is 5.55. The summed E-state index contributed by atoms with van der Waals surface area (Å²) in [5.41, 5.74) is 8.69. The van der Waals surface area contributed by atoms with Crippen molar-refractivity contribution in [1.82, 2.24) is 10.2 Å². The maximum atomic E-state index is 9.78. The molecule has 0 amide bonds. The molecule has 2 aromatic rings. The normalized spacial score (nSPS) is 36.4. The third kappa shape index (κ3) is 2.03. The number of nitrogens with one attached hydrogen (secondary N) is 1. The standard InChI is InChI=1S/C21H22N4O2/c22-10-14-16(15-2-1-3-26-15)17-18(24-25-20(17)27-19(14)23)21-7-11-4-12(8-21)6-13(5-11)9-21/h1-3,11-13,16H,4-9,23H2,(H,24,25)/t11?,12?,13?,16-,21?/m1/s1. The second-order valence-electron chi connectivity index (χ2n) is 8.96. The molecule has 3 N–H and O–H groups in total. The summed E-state index contributed by atoms with van der Waals surface area (Å²) in [6, 6.07) is 6.00. The average molecular weight is 362 g/mol. The Labute approximate surface area is 157 Å². The average Bonchev–Trinajstić information content (AvgIpc) is 3.29. The van der Waals surface area contributed by atoms with E-state index in [0.717, 1.165) is 29.0 Å². The minimum Gasteiger partial charge on any atom is -0.468 e. The van der Waals surface area contributed by atoms with Crippen LogP contribution >= 0.6 is 0 Å². The van der Waals surface area contributed by atoms with E-state index in [1.165, 1.54) is 38.5 Å². The molecule has 0 radical (unpaired) electrons. The fraction of sp³-hybridized carbons (Fsp3) is 0.524. The van der Waals surface area contributed by atoms with Crippen LogP contribution in [0.15, 0.2) is 34.3 Å². The van der Waals surface area contributed by atoms with Crippen LogP contribution in [0.1, 0.15) is 61.5 Å². The zero-order valence-corrected chi connectivity index (χ0v) is 15.1. The van der Waals surface area contributed by atoms with Crippen LogP contribution in [0.4, 0.5) is 0 Å². The predicted octanol–water partition coefficient (Wildman–Crippen LogP) is 3.69. The van der Waals surface area contributed by atoms with Gasteiger partial charge < -0.3 is 14.9 Å². The highest BCUT2D eigenvalue weighted by atomic mass is 16.5. The number of rotatable bonds is 2. The highest BCUT2D eigenvalue weighted by Gasteiger charge is 2.54. The number of hydrogen-bond donors (Lipinski definition) is 2. The lowest BCUT2D eigenvalue weighted by Gasteiger charge is -2.56. The molecule has 0 saturated heterocycles. The molecule has 3 heterocycles. The van der Waals surface area contributed by atoms with Gasteiger partial charge in [0.15, 0.2) is 0 Å². The molecule has 138 valence electrons. The zero-order chi connectivity index (χ0) is 18.2. The molecule has 4 fully saturated rings. The van der Waals surface area contributed by atoms with Gasteiger partial charge in [-0.05, 0) is 68.4 Å². The van der Waals surface area contributed by atoms with E-state index >= 15 is 0 Å². The summed E-state index contributed by atoms with van der Waals surface area (Å²) in [4.78, 5) is 0. The first kappa shape index (κ1) is 15.4. The van der Waals surface area contributed by atoms with Gasteiger partial charge in [0.1, 0.15) is 17.4 Å². The Morgan fingerprint density at radius 2 is 1.89 bits per heavy atom. The van der Waals surface area contributed by atoms with Gasteiger partial charge in [-0.3, -0.25) is 5.10 Å². The Bertz CT molecular complexity index is 943. The number of H-pyrrole nitrogens is 1. The van der Waals surface area contributed by atoms with E-state index in [1.807, 2.05) is 12.1 Å². The molecule has 1 aliphatic heterocycles. The Balaban J connectivity index is 1.53. The first-order valence-electron chi connectivity index (χ1n) is 9.86. The van der Waals surface area contributed by atoms with Crippen molar-refractivity contribution in [1.29, 1.82) is 5.26 Å². The molecular weight excluding hydrogens is 340 g/mol. The fourth-order valence-electron chi connectivity index (χ4n) is 6.81. The van der Waals surface area contributed by atoms with Gasteiger partial charge in [-0.15, -0.1) is 5.10 Å². The van der Waals surface area contributed by atoms with Crippen molar-refractivity contribution in [3.05, 3.63) is 46.9 Å². The number of ether oxygens (including phenoxy) is 1. The number of aromatic amines is 1. The smallest absolute Gasteiger partial charge is 0.244 e. The number of furan rings is 1. The summed E-state index contributed by atoms with van der Waals surface area (Å²) in [5, 5.41) is 17.6. The van der Waals surface area contributed by atoms with E-state index < -0.39 is 0 Å². The Hall–Kier alpha value is -2.68. The van der Waals surface area contributed by atoms with Crippen LogP contribution in [0.5, 0.6) is 5.88 Å². The molecule has 2 aromatic heterocycles. The zero-order valence-electron chi connectivity index (χ0n) is 15.1. The minimum atomic E-state index is -0.351. The molecule has 0 aromatic carbocycles. The van der Waals surface area contributed by atoms with Gasteiger partial charge >= 0.3 is 0 Å². The third-order valence-electron chi connectivity index (χ3n) is 7.34. The summed E-state index contributed by atoms with van der Waals surface area (Å²) in [5.74, 6) is 3.43. The number of allylic oxidation sites excluding steroid dienone is 1. The maximum Gasteiger partial charge on any atom is 0.244 e. The van der Waals surface area contributed by atoms with Crippen molar-refractivity contribution >= 4 is 0 Å². The summed E-state index contributed by atoms with van der Waals surface area (Å²) >= 11 is 0. The lowest BCUT2D eigenvalue weighted by atomic mass is 9.48. The van der Waals surface area contributed by atoms with Gasteiger partial charge in [-0.25, -0.2) is 0 Å². The van der Waals surface area contributed by atoms with E-state index in [2.05, 4.69) is 16.3 Å². The fourth-order valence-corrected chi connectivity index (χ4v) is 6.81. The predicted molar refractivity (Wildman–Crippen MR) is 96.4 cm³/mol. The van der Waals surface area contributed by atoms with Crippen LogP contribution in [0.25, 0.3) is 0 Å². The Kier molecular flexibility index (Phi) is 2.96. The van der Waals surface area contributed by atoms with Crippen LogP contribution in [-0.2, 0) is 5.41 Å². The second kappa shape index (κ2) is 5.19. The van der Waals surface area contributed by atoms with Gasteiger partial charge in [0, 0.05) is 11.1 Å². The monoisotopic (exact) mass is 362 g/mol. The molecule has 4 aliphatic carbocycles. The van der Waals surface area contributed by atoms with E-state index in [0.29, 0.717) is 17.2 Å². The van der Waals surface area contributed by atoms with Crippen LogP contribution in [0.2, 0.25) is 0 Å². The molecule has 1 atom stereocenters. The quantitative estimate of drug-likeness (QED) is 0.848. The molecule has 5 aliphatic rings. The van der Waals surface area contributed by atoms with Gasteiger partial charge in [0.05, 0.1) is 17.7 Å². The van der Waals surface area contributed by atoms with Crippen molar-refractivity contribution < 1.29 is 9.15 Å². The summed E-state index contributed by atoms with van der Waals surface area (Å²) in [6.07, 6.45) is 9.40. The Morgan fingerprint density at radius 1 is 1.19 bits per heavy atom. The number of nitrogens with two attached hydrogens (primary N) is 1. The second-order valence-corrected chi connectivity index (χ2v) is 8.96. The van der Waals surface area contributed by atoms with E-state index in [9.17, 15) is 5.26 Å². The molecule has 4 saturated carbocycles. The van der Waals surface area contributed by atoms with Crippen LogP contribution in [0, 0.1) is 29.1 Å². The lowest BCUT2D eigenvalue weighted by molar-refractivity contribution is -0.00770. The molecule has 6 nitrogen and oxygen atoms in total. The lowest BCUT2D eigenvalue weighted by Crippen LogP contribution is -2.49. The minimum absolute atomic E-state index is 0.120. The number of hydrogen-bond acceptors (Lipinski definition) is 5. The highest BCUT2D eigenvalue weighted by Crippen LogP contribution is 2.62. The molecule has 7 rings (SSSR count). The van der Waals surface area contributed by atoms with Gasteiger partial charge in [-0.2, -0.15) is 5.26 Å². The molecular formula is C21H22N4O2. The number of aromatic nitrogens is 2. The van der Waals surface area contributed by atoms with Crippen molar-refractivity contribution in [2.75, 3.05) is 0 Å². The van der Waals surface area contributed by atoms with E-state index in [4.69, 9.17) is 14.9 Å². The maximum absolute atomic E-state index is 9.78. The molecule has 0 spiro atoms. The van der Waals surface area contributed by atoms with Crippen molar-refractivity contribution in [2.24, 2.45) is 23.5 Å². The number of nitriles is 1. The van der Waals surface area contributed by atoms with E-state index in [1.54, 1.807) is 6.26 Å². The van der Waals surface area contributed by atoms with Crippen LogP contribution < -0.4 is 10.5 Å². The third-order valence-corrected chi connectivity index (χ3v) is 7.34. The van der Waals surface area contributed by atoms with Gasteiger partial charge in [0.2, 0.25) is 11.8 Å². The summed E-state index contributed by atoms with van der Waals surface area (Å²) in [7, 11) is 0.